The molecule has 0 saturated carbocycles. The molecule has 0 unspecified atom stereocenters. The third-order valence-electron chi connectivity index (χ3n) is 6.46. The van der Waals surface area contributed by atoms with E-state index in [9.17, 15) is 4.79 Å². The number of piperidine rings is 1. The SMILES string of the molecule is COc1ccc(Cl)c(COc2ccc3c(c2)OCC32CCN(CCCC(=O)O)CC2)c1Cl. The molecule has 32 heavy (non-hydrogen) atoms. The van der Waals surface area contributed by atoms with Gasteiger partial charge in [-0.3, -0.25) is 4.79 Å². The van der Waals surface area contributed by atoms with Crippen LogP contribution in [-0.2, 0) is 16.8 Å². The minimum atomic E-state index is -0.731. The van der Waals surface area contributed by atoms with Crippen molar-refractivity contribution in [3.63, 3.8) is 0 Å². The van der Waals surface area contributed by atoms with Crippen molar-refractivity contribution in [1.82, 2.24) is 4.90 Å². The first-order valence-electron chi connectivity index (χ1n) is 10.8. The average Bonchev–Trinajstić information content (AvgIpc) is 3.12. The maximum atomic E-state index is 10.7. The molecule has 2 aromatic carbocycles. The van der Waals surface area contributed by atoms with Gasteiger partial charge >= 0.3 is 5.97 Å². The summed E-state index contributed by atoms with van der Waals surface area (Å²) in [4.78, 5) is 13.1. The minimum Gasteiger partial charge on any atom is -0.495 e. The van der Waals surface area contributed by atoms with Crippen molar-refractivity contribution in [3.05, 3.63) is 51.5 Å². The summed E-state index contributed by atoms with van der Waals surface area (Å²) >= 11 is 12.7. The van der Waals surface area contributed by atoms with Crippen LogP contribution in [0, 0.1) is 0 Å². The zero-order chi connectivity index (χ0) is 22.7. The van der Waals surface area contributed by atoms with Crippen molar-refractivity contribution >= 4 is 29.2 Å². The monoisotopic (exact) mass is 479 g/mol. The number of rotatable bonds is 8. The normalized spacial score (nSPS) is 17.1. The van der Waals surface area contributed by atoms with Crippen molar-refractivity contribution in [1.29, 1.82) is 0 Å². The number of fused-ring (bicyclic) bond motifs is 2. The Morgan fingerprint density at radius 2 is 2.00 bits per heavy atom. The molecule has 1 saturated heterocycles. The number of aliphatic carboxylic acids is 1. The lowest BCUT2D eigenvalue weighted by atomic mass is 9.74. The number of likely N-dealkylation sites (tertiary alicyclic amines) is 1. The number of halogens is 2. The average molecular weight is 480 g/mol. The standard InChI is InChI=1S/C24H27Cl2NO5/c1-30-20-7-6-19(25)17(23(20)26)14-31-16-4-5-18-21(13-16)32-15-24(18)8-11-27(12-9-24)10-2-3-22(28)29/h4-7,13H,2-3,8-12,14-15H2,1H3,(H,28,29). The van der Waals surface area contributed by atoms with Gasteiger partial charge < -0.3 is 24.2 Å². The topological polar surface area (TPSA) is 68.2 Å². The molecule has 8 heteroatoms. The van der Waals surface area contributed by atoms with Crippen molar-refractivity contribution < 1.29 is 24.1 Å². The van der Waals surface area contributed by atoms with E-state index in [0.717, 1.165) is 38.2 Å². The molecule has 0 aromatic heterocycles. The highest BCUT2D eigenvalue weighted by molar-refractivity contribution is 6.36. The van der Waals surface area contributed by atoms with Crippen molar-refractivity contribution in [2.45, 2.75) is 37.7 Å². The van der Waals surface area contributed by atoms with Crippen LogP contribution in [0.5, 0.6) is 17.2 Å². The lowest BCUT2D eigenvalue weighted by Gasteiger charge is -2.38. The maximum Gasteiger partial charge on any atom is 0.303 e. The van der Waals surface area contributed by atoms with Crippen LogP contribution in [0.4, 0.5) is 0 Å². The molecule has 1 N–H and O–H groups in total. The lowest BCUT2D eigenvalue weighted by molar-refractivity contribution is -0.137. The number of methoxy groups -OCH3 is 1. The highest BCUT2D eigenvalue weighted by atomic mass is 35.5. The quantitative estimate of drug-likeness (QED) is 0.562. The first kappa shape index (κ1) is 23.0. The Morgan fingerprint density at radius 1 is 1.22 bits per heavy atom. The summed E-state index contributed by atoms with van der Waals surface area (Å²) < 4.78 is 17.3. The van der Waals surface area contributed by atoms with Gasteiger partial charge in [-0.2, -0.15) is 0 Å². The summed E-state index contributed by atoms with van der Waals surface area (Å²) in [6, 6.07) is 9.48. The van der Waals surface area contributed by atoms with E-state index in [1.165, 1.54) is 5.56 Å². The molecule has 1 spiro atoms. The molecule has 2 aliphatic heterocycles. The van der Waals surface area contributed by atoms with Gasteiger partial charge in [0.05, 0.1) is 18.7 Å². The number of nitrogens with zero attached hydrogens (tertiary/aromatic N) is 1. The van der Waals surface area contributed by atoms with E-state index < -0.39 is 5.97 Å². The summed E-state index contributed by atoms with van der Waals surface area (Å²) in [5, 5.41) is 9.81. The molecular formula is C24H27Cl2NO5. The highest BCUT2D eigenvalue weighted by Crippen LogP contribution is 2.47. The summed E-state index contributed by atoms with van der Waals surface area (Å²) in [7, 11) is 1.56. The number of carboxylic acids is 1. The molecule has 0 aliphatic carbocycles. The van der Waals surface area contributed by atoms with Gasteiger partial charge in [-0.05, 0) is 57.1 Å². The maximum absolute atomic E-state index is 10.7. The molecule has 0 bridgehead atoms. The highest BCUT2D eigenvalue weighted by Gasteiger charge is 2.43. The summed E-state index contributed by atoms with van der Waals surface area (Å²) in [5.41, 5.74) is 1.93. The molecule has 2 aromatic rings. The minimum absolute atomic E-state index is 0.0244. The molecule has 1 fully saturated rings. The van der Waals surface area contributed by atoms with Crippen LogP contribution in [0.1, 0.15) is 36.8 Å². The Morgan fingerprint density at radius 3 is 2.72 bits per heavy atom. The van der Waals surface area contributed by atoms with Crippen LogP contribution in [0.25, 0.3) is 0 Å². The zero-order valence-corrected chi connectivity index (χ0v) is 19.5. The number of carboxylic acid groups (broad SMARTS) is 1. The third kappa shape index (κ3) is 4.77. The number of hydrogen-bond acceptors (Lipinski definition) is 5. The number of benzene rings is 2. The van der Waals surface area contributed by atoms with Crippen LogP contribution in [0.2, 0.25) is 10.0 Å². The van der Waals surface area contributed by atoms with Crippen molar-refractivity contribution in [2.75, 3.05) is 33.4 Å². The Balaban J connectivity index is 1.39. The van der Waals surface area contributed by atoms with Gasteiger partial charge in [-0.25, -0.2) is 0 Å². The predicted octanol–water partition coefficient (Wildman–Crippen LogP) is 5.17. The Hall–Kier alpha value is -2.15. The van der Waals surface area contributed by atoms with E-state index >= 15 is 0 Å². The summed E-state index contributed by atoms with van der Waals surface area (Å²) in [5.74, 6) is 1.39. The smallest absolute Gasteiger partial charge is 0.303 e. The second-order valence-corrected chi connectivity index (χ2v) is 9.18. The number of hydrogen-bond donors (Lipinski definition) is 1. The van der Waals surface area contributed by atoms with E-state index in [0.29, 0.717) is 40.1 Å². The van der Waals surface area contributed by atoms with Gasteiger partial charge in [0.15, 0.2) is 0 Å². The predicted molar refractivity (Wildman–Crippen MR) is 124 cm³/mol. The van der Waals surface area contributed by atoms with Crippen LogP contribution >= 0.6 is 23.2 Å². The molecule has 0 radical (unpaired) electrons. The van der Waals surface area contributed by atoms with E-state index in [1.54, 1.807) is 19.2 Å². The van der Waals surface area contributed by atoms with Crippen LogP contribution in [-0.4, -0.2) is 49.3 Å². The first-order valence-corrected chi connectivity index (χ1v) is 11.5. The second kappa shape index (κ2) is 9.77. The molecule has 0 atom stereocenters. The largest absolute Gasteiger partial charge is 0.495 e. The van der Waals surface area contributed by atoms with Gasteiger partial charge in [0.1, 0.15) is 23.9 Å². The van der Waals surface area contributed by atoms with E-state index in [4.69, 9.17) is 42.5 Å². The van der Waals surface area contributed by atoms with Crippen LogP contribution < -0.4 is 14.2 Å². The van der Waals surface area contributed by atoms with Gasteiger partial charge in [0, 0.05) is 34.1 Å². The van der Waals surface area contributed by atoms with Gasteiger partial charge in [0.25, 0.3) is 0 Å². The van der Waals surface area contributed by atoms with Gasteiger partial charge in [-0.15, -0.1) is 0 Å². The fourth-order valence-corrected chi connectivity index (χ4v) is 5.09. The van der Waals surface area contributed by atoms with E-state index in [1.807, 2.05) is 12.1 Å². The number of ether oxygens (including phenoxy) is 3. The fraction of sp³-hybridized carbons (Fsp3) is 0.458. The Kier molecular flexibility index (Phi) is 7.03. The van der Waals surface area contributed by atoms with Gasteiger partial charge in [-0.1, -0.05) is 29.3 Å². The molecule has 0 amide bonds. The molecule has 4 rings (SSSR count). The van der Waals surface area contributed by atoms with Gasteiger partial charge in [0.2, 0.25) is 0 Å². The first-order chi connectivity index (χ1) is 15.4. The Labute approximate surface area is 198 Å². The van der Waals surface area contributed by atoms with Crippen LogP contribution in [0.3, 0.4) is 0 Å². The van der Waals surface area contributed by atoms with Crippen LogP contribution in [0.15, 0.2) is 30.3 Å². The van der Waals surface area contributed by atoms with E-state index in [2.05, 4.69) is 11.0 Å². The fourth-order valence-electron chi connectivity index (χ4n) is 4.54. The van der Waals surface area contributed by atoms with Crippen molar-refractivity contribution in [2.24, 2.45) is 0 Å². The zero-order valence-electron chi connectivity index (χ0n) is 18.0. The second-order valence-electron chi connectivity index (χ2n) is 8.40. The summed E-state index contributed by atoms with van der Waals surface area (Å²) in [6.45, 7) is 3.63. The molecule has 172 valence electrons. The molecule has 2 heterocycles. The third-order valence-corrected chi connectivity index (χ3v) is 7.23. The van der Waals surface area contributed by atoms with E-state index in [-0.39, 0.29) is 18.4 Å². The molecule has 2 aliphatic rings. The number of carbonyl (C=O) groups is 1. The summed E-state index contributed by atoms with van der Waals surface area (Å²) in [6.07, 6.45) is 2.92. The molecular weight excluding hydrogens is 453 g/mol. The molecule has 6 nitrogen and oxygen atoms in total. The lowest BCUT2D eigenvalue weighted by Crippen LogP contribution is -2.43. The van der Waals surface area contributed by atoms with Crippen molar-refractivity contribution in [3.8, 4) is 17.2 Å². The Bertz CT molecular complexity index is 989.